The van der Waals surface area contributed by atoms with Crippen molar-refractivity contribution in [1.29, 1.82) is 0 Å². The maximum atomic E-state index is 5.46. The summed E-state index contributed by atoms with van der Waals surface area (Å²) >= 11 is 0. The van der Waals surface area contributed by atoms with Crippen molar-refractivity contribution in [2.75, 3.05) is 33.8 Å². The van der Waals surface area contributed by atoms with Crippen molar-refractivity contribution in [2.24, 2.45) is 0 Å². The molecule has 0 aliphatic heterocycles. The molecule has 0 radical (unpaired) electrons. The number of anilines is 1. The lowest BCUT2D eigenvalue weighted by atomic mass is 10.1. The fraction of sp³-hybridized carbons (Fsp3) is 0.333. The Bertz CT molecular complexity index is 657. The summed E-state index contributed by atoms with van der Waals surface area (Å²) in [6, 6.07) is 11.6. The molecule has 23 heavy (non-hydrogen) atoms. The third kappa shape index (κ3) is 3.80. The van der Waals surface area contributed by atoms with Crippen LogP contribution < -0.4 is 24.3 Å². The molecule has 0 heterocycles. The van der Waals surface area contributed by atoms with Gasteiger partial charge in [0.25, 0.3) is 0 Å². The first-order valence-electron chi connectivity index (χ1n) is 7.33. The highest BCUT2D eigenvalue weighted by Crippen LogP contribution is 2.34. The number of rotatable bonds is 7. The second kappa shape index (κ2) is 7.63. The maximum Gasteiger partial charge on any atom is 0.162 e. The van der Waals surface area contributed by atoms with Gasteiger partial charge in [0.05, 0.1) is 34.5 Å². The van der Waals surface area contributed by atoms with Crippen LogP contribution in [0.5, 0.6) is 23.0 Å². The van der Waals surface area contributed by atoms with Gasteiger partial charge in [0.15, 0.2) is 11.5 Å². The second-order valence-corrected chi connectivity index (χ2v) is 5.04. The summed E-state index contributed by atoms with van der Waals surface area (Å²) in [5, 5.41) is 3.44. The summed E-state index contributed by atoms with van der Waals surface area (Å²) in [5.41, 5.74) is 1.98. The summed E-state index contributed by atoms with van der Waals surface area (Å²) < 4.78 is 21.3. The predicted molar refractivity (Wildman–Crippen MR) is 91.1 cm³/mol. The normalized spacial score (nSPS) is 11.5. The molecule has 1 unspecified atom stereocenters. The van der Waals surface area contributed by atoms with Crippen LogP contribution in [0.2, 0.25) is 0 Å². The first-order chi connectivity index (χ1) is 11.1. The summed E-state index contributed by atoms with van der Waals surface area (Å²) in [4.78, 5) is 0. The summed E-state index contributed by atoms with van der Waals surface area (Å²) in [7, 11) is 6.54. The molecule has 2 rings (SSSR count). The Balaban J connectivity index is 2.23. The Morgan fingerprint density at radius 1 is 0.739 bits per heavy atom. The van der Waals surface area contributed by atoms with Crippen LogP contribution in [0.15, 0.2) is 36.4 Å². The minimum absolute atomic E-state index is 0.0500. The highest BCUT2D eigenvalue weighted by atomic mass is 16.5. The lowest BCUT2D eigenvalue weighted by Gasteiger charge is -2.20. The minimum atomic E-state index is 0.0500. The SMILES string of the molecule is COc1ccc(C(C)Nc2ccc(OC)c(OC)c2)c(OC)c1. The van der Waals surface area contributed by atoms with Crippen molar-refractivity contribution in [2.45, 2.75) is 13.0 Å². The van der Waals surface area contributed by atoms with E-state index in [-0.39, 0.29) is 6.04 Å². The van der Waals surface area contributed by atoms with Crippen LogP contribution in [0.1, 0.15) is 18.5 Å². The van der Waals surface area contributed by atoms with Crippen molar-refractivity contribution >= 4 is 5.69 Å². The molecule has 0 aliphatic carbocycles. The largest absolute Gasteiger partial charge is 0.497 e. The summed E-state index contributed by atoms with van der Waals surface area (Å²) in [6.07, 6.45) is 0. The van der Waals surface area contributed by atoms with E-state index in [2.05, 4.69) is 12.2 Å². The average molecular weight is 317 g/mol. The summed E-state index contributed by atoms with van der Waals surface area (Å²) in [6.45, 7) is 2.07. The number of hydrogen-bond acceptors (Lipinski definition) is 5. The zero-order valence-electron chi connectivity index (χ0n) is 14.2. The molecule has 0 aromatic heterocycles. The Labute approximate surface area is 137 Å². The van der Waals surface area contributed by atoms with Gasteiger partial charge in [-0.05, 0) is 31.2 Å². The molecule has 2 aromatic rings. The van der Waals surface area contributed by atoms with Crippen LogP contribution in [0.4, 0.5) is 5.69 Å². The summed E-state index contributed by atoms with van der Waals surface area (Å²) in [5.74, 6) is 2.94. The maximum absolute atomic E-state index is 5.46. The van der Waals surface area contributed by atoms with E-state index >= 15 is 0 Å². The van der Waals surface area contributed by atoms with Crippen LogP contribution in [-0.2, 0) is 0 Å². The van der Waals surface area contributed by atoms with Crippen molar-refractivity contribution in [3.05, 3.63) is 42.0 Å². The Kier molecular flexibility index (Phi) is 5.57. The molecule has 1 atom stereocenters. The molecule has 124 valence electrons. The lowest BCUT2D eigenvalue weighted by Crippen LogP contribution is -2.08. The van der Waals surface area contributed by atoms with Gasteiger partial charge in [0.2, 0.25) is 0 Å². The van der Waals surface area contributed by atoms with E-state index < -0.39 is 0 Å². The van der Waals surface area contributed by atoms with Crippen LogP contribution in [0.25, 0.3) is 0 Å². The molecule has 0 fully saturated rings. The van der Waals surface area contributed by atoms with Crippen LogP contribution in [0.3, 0.4) is 0 Å². The standard InChI is InChI=1S/C18H23NO4/c1-12(15-8-7-14(20-2)11-17(15)22-4)19-13-6-9-16(21-3)18(10-13)23-5/h6-12,19H,1-5H3. The topological polar surface area (TPSA) is 49.0 Å². The van der Waals surface area contributed by atoms with Gasteiger partial charge in [0.1, 0.15) is 11.5 Å². The zero-order valence-corrected chi connectivity index (χ0v) is 14.2. The Hall–Kier alpha value is -2.56. The van der Waals surface area contributed by atoms with Gasteiger partial charge < -0.3 is 24.3 Å². The van der Waals surface area contributed by atoms with E-state index in [4.69, 9.17) is 18.9 Å². The highest BCUT2D eigenvalue weighted by molar-refractivity contribution is 5.56. The molecule has 1 N–H and O–H groups in total. The van der Waals surface area contributed by atoms with Crippen LogP contribution >= 0.6 is 0 Å². The molecule has 0 spiro atoms. The zero-order chi connectivity index (χ0) is 16.8. The van der Waals surface area contributed by atoms with Crippen molar-refractivity contribution in [3.8, 4) is 23.0 Å². The third-order valence-corrected chi connectivity index (χ3v) is 3.67. The number of hydrogen-bond donors (Lipinski definition) is 1. The fourth-order valence-corrected chi connectivity index (χ4v) is 2.43. The smallest absolute Gasteiger partial charge is 0.162 e. The molecule has 0 aliphatic rings. The van der Waals surface area contributed by atoms with E-state index in [1.807, 2.05) is 36.4 Å². The molecule has 0 bridgehead atoms. The predicted octanol–water partition coefficient (Wildman–Crippen LogP) is 3.89. The molecule has 0 saturated heterocycles. The second-order valence-electron chi connectivity index (χ2n) is 5.04. The number of benzene rings is 2. The van der Waals surface area contributed by atoms with Crippen LogP contribution in [-0.4, -0.2) is 28.4 Å². The lowest BCUT2D eigenvalue weighted by molar-refractivity contribution is 0.355. The van der Waals surface area contributed by atoms with Gasteiger partial charge in [-0.3, -0.25) is 0 Å². The van der Waals surface area contributed by atoms with Gasteiger partial charge in [0, 0.05) is 23.4 Å². The third-order valence-electron chi connectivity index (χ3n) is 3.67. The van der Waals surface area contributed by atoms with Gasteiger partial charge in [-0.2, -0.15) is 0 Å². The first-order valence-corrected chi connectivity index (χ1v) is 7.33. The van der Waals surface area contributed by atoms with E-state index in [0.717, 1.165) is 22.7 Å². The van der Waals surface area contributed by atoms with Crippen molar-refractivity contribution in [3.63, 3.8) is 0 Å². The Morgan fingerprint density at radius 2 is 1.43 bits per heavy atom. The van der Waals surface area contributed by atoms with Gasteiger partial charge >= 0.3 is 0 Å². The van der Waals surface area contributed by atoms with E-state index in [9.17, 15) is 0 Å². The molecule has 0 saturated carbocycles. The average Bonchev–Trinajstić information content (AvgIpc) is 2.60. The molecule has 5 heteroatoms. The van der Waals surface area contributed by atoms with Gasteiger partial charge in [-0.25, -0.2) is 0 Å². The van der Waals surface area contributed by atoms with E-state index in [0.29, 0.717) is 11.5 Å². The monoisotopic (exact) mass is 317 g/mol. The number of methoxy groups -OCH3 is 4. The van der Waals surface area contributed by atoms with E-state index in [1.165, 1.54) is 0 Å². The quantitative estimate of drug-likeness (QED) is 0.839. The Morgan fingerprint density at radius 3 is 2.04 bits per heavy atom. The number of ether oxygens (including phenoxy) is 4. The fourth-order valence-electron chi connectivity index (χ4n) is 2.43. The molecule has 2 aromatic carbocycles. The molecule has 5 nitrogen and oxygen atoms in total. The first kappa shape index (κ1) is 16.8. The van der Waals surface area contributed by atoms with Gasteiger partial charge in [-0.1, -0.05) is 0 Å². The van der Waals surface area contributed by atoms with Crippen molar-refractivity contribution in [1.82, 2.24) is 0 Å². The highest BCUT2D eigenvalue weighted by Gasteiger charge is 2.13. The molecule has 0 amide bonds. The van der Waals surface area contributed by atoms with Crippen LogP contribution in [0, 0.1) is 0 Å². The minimum Gasteiger partial charge on any atom is -0.497 e. The molecular formula is C18H23NO4. The van der Waals surface area contributed by atoms with Gasteiger partial charge in [-0.15, -0.1) is 0 Å². The van der Waals surface area contributed by atoms with E-state index in [1.54, 1.807) is 28.4 Å². The van der Waals surface area contributed by atoms with Crippen molar-refractivity contribution < 1.29 is 18.9 Å². The molecular weight excluding hydrogens is 294 g/mol. The number of nitrogens with one attached hydrogen (secondary N) is 1.